The minimum absolute atomic E-state index is 0.264. The number of benzene rings is 2. The molecule has 140 valence electrons. The maximum absolute atomic E-state index is 12.6. The molecule has 2 aromatic heterocycles. The van der Waals surface area contributed by atoms with Crippen molar-refractivity contribution in [3.05, 3.63) is 69.4 Å². The number of thiazole rings is 1. The van der Waals surface area contributed by atoms with Crippen molar-refractivity contribution >= 4 is 60.7 Å². The number of aromatic nitrogens is 3. The zero-order valence-corrected chi connectivity index (χ0v) is 17.6. The second kappa shape index (κ2) is 7.65. The Hall–Kier alpha value is -2.84. The van der Waals surface area contributed by atoms with Crippen LogP contribution >= 0.6 is 27.3 Å². The first-order valence-electron chi connectivity index (χ1n) is 8.52. The first-order chi connectivity index (χ1) is 13.5. The molecule has 4 rings (SSSR count). The average Bonchev–Trinajstić information content (AvgIpc) is 3.09. The molecule has 0 radical (unpaired) electrons. The summed E-state index contributed by atoms with van der Waals surface area (Å²) in [6.07, 6.45) is 0. The van der Waals surface area contributed by atoms with E-state index in [4.69, 9.17) is 0 Å². The van der Waals surface area contributed by atoms with Crippen molar-refractivity contribution in [2.24, 2.45) is 0 Å². The molecule has 6 nitrogen and oxygen atoms in total. The van der Waals surface area contributed by atoms with Crippen molar-refractivity contribution in [1.29, 1.82) is 0 Å². The Balaban J connectivity index is 1.50. The van der Waals surface area contributed by atoms with Crippen LogP contribution in [-0.2, 0) is 0 Å². The molecule has 2 aromatic carbocycles. The van der Waals surface area contributed by atoms with Crippen molar-refractivity contribution < 1.29 is 4.79 Å². The molecule has 2 heterocycles. The maximum atomic E-state index is 12.6. The van der Waals surface area contributed by atoms with Crippen LogP contribution in [0.2, 0.25) is 0 Å². The highest BCUT2D eigenvalue weighted by atomic mass is 79.9. The SMILES string of the molecule is Cc1cc(C)nc(Nc2nc(C(=O)Nc3ccc4c(Br)cccc4c3)cs2)n1. The van der Waals surface area contributed by atoms with Gasteiger partial charge < -0.3 is 10.6 Å². The highest BCUT2D eigenvalue weighted by Gasteiger charge is 2.12. The van der Waals surface area contributed by atoms with E-state index >= 15 is 0 Å². The summed E-state index contributed by atoms with van der Waals surface area (Å²) < 4.78 is 1.02. The van der Waals surface area contributed by atoms with Gasteiger partial charge in [-0.3, -0.25) is 4.79 Å². The number of aryl methyl sites for hydroxylation is 2. The van der Waals surface area contributed by atoms with E-state index in [2.05, 4.69) is 41.5 Å². The fraction of sp³-hybridized carbons (Fsp3) is 0.100. The van der Waals surface area contributed by atoms with Crippen LogP contribution in [0.5, 0.6) is 0 Å². The summed E-state index contributed by atoms with van der Waals surface area (Å²) in [6, 6.07) is 13.6. The lowest BCUT2D eigenvalue weighted by atomic mass is 10.1. The van der Waals surface area contributed by atoms with Crippen molar-refractivity contribution in [1.82, 2.24) is 15.0 Å². The van der Waals surface area contributed by atoms with E-state index < -0.39 is 0 Å². The zero-order chi connectivity index (χ0) is 19.7. The minimum atomic E-state index is -0.264. The molecular weight excluding hydrogens is 438 g/mol. The Morgan fingerprint density at radius 3 is 2.61 bits per heavy atom. The number of amides is 1. The van der Waals surface area contributed by atoms with Crippen molar-refractivity contribution in [2.45, 2.75) is 13.8 Å². The van der Waals surface area contributed by atoms with Gasteiger partial charge in [0.25, 0.3) is 5.91 Å². The van der Waals surface area contributed by atoms with E-state index in [0.717, 1.165) is 32.3 Å². The molecular formula is C20H16BrN5OS. The average molecular weight is 454 g/mol. The lowest BCUT2D eigenvalue weighted by Gasteiger charge is -2.06. The molecule has 0 fully saturated rings. The molecule has 0 spiro atoms. The second-order valence-electron chi connectivity index (χ2n) is 6.27. The lowest BCUT2D eigenvalue weighted by molar-refractivity contribution is 0.102. The highest BCUT2D eigenvalue weighted by Crippen LogP contribution is 2.27. The van der Waals surface area contributed by atoms with Gasteiger partial charge in [0.05, 0.1) is 0 Å². The van der Waals surface area contributed by atoms with Gasteiger partial charge in [-0.25, -0.2) is 15.0 Å². The van der Waals surface area contributed by atoms with Gasteiger partial charge in [-0.2, -0.15) is 0 Å². The van der Waals surface area contributed by atoms with E-state index in [-0.39, 0.29) is 5.91 Å². The van der Waals surface area contributed by atoms with Gasteiger partial charge in [-0.1, -0.05) is 34.1 Å². The van der Waals surface area contributed by atoms with Crippen LogP contribution in [-0.4, -0.2) is 20.9 Å². The second-order valence-corrected chi connectivity index (χ2v) is 7.98. The predicted octanol–water partition coefficient (Wildman–Crippen LogP) is 5.46. The number of rotatable bonds is 4. The molecule has 4 aromatic rings. The molecule has 8 heteroatoms. The molecule has 1 amide bonds. The Morgan fingerprint density at radius 1 is 1.04 bits per heavy atom. The summed E-state index contributed by atoms with van der Waals surface area (Å²) in [6.45, 7) is 3.81. The van der Waals surface area contributed by atoms with Crippen LogP contribution in [0.15, 0.2) is 52.3 Å². The number of anilines is 3. The lowest BCUT2D eigenvalue weighted by Crippen LogP contribution is -2.12. The minimum Gasteiger partial charge on any atom is -0.321 e. The molecule has 0 aliphatic carbocycles. The van der Waals surface area contributed by atoms with Crippen LogP contribution < -0.4 is 10.6 Å². The molecule has 0 aliphatic rings. The monoisotopic (exact) mass is 453 g/mol. The molecule has 0 unspecified atom stereocenters. The van der Waals surface area contributed by atoms with Crippen LogP contribution in [0.3, 0.4) is 0 Å². The largest absolute Gasteiger partial charge is 0.321 e. The van der Waals surface area contributed by atoms with E-state index in [9.17, 15) is 4.79 Å². The van der Waals surface area contributed by atoms with Crippen LogP contribution in [0, 0.1) is 13.8 Å². The van der Waals surface area contributed by atoms with Gasteiger partial charge in [-0.05, 0) is 48.9 Å². The summed E-state index contributed by atoms with van der Waals surface area (Å²) >= 11 is 4.86. The summed E-state index contributed by atoms with van der Waals surface area (Å²) in [5.41, 5.74) is 2.79. The number of hydrogen-bond donors (Lipinski definition) is 2. The topological polar surface area (TPSA) is 79.8 Å². The van der Waals surface area contributed by atoms with E-state index in [1.54, 1.807) is 5.38 Å². The molecule has 28 heavy (non-hydrogen) atoms. The van der Waals surface area contributed by atoms with Gasteiger partial charge in [-0.15, -0.1) is 11.3 Å². The van der Waals surface area contributed by atoms with Gasteiger partial charge in [0.1, 0.15) is 5.69 Å². The molecule has 0 atom stereocenters. The Labute approximate surface area is 174 Å². The number of hydrogen-bond acceptors (Lipinski definition) is 6. The Bertz CT molecular complexity index is 1170. The first-order valence-corrected chi connectivity index (χ1v) is 10.2. The predicted molar refractivity (Wildman–Crippen MR) is 117 cm³/mol. The van der Waals surface area contributed by atoms with Crippen molar-refractivity contribution in [2.75, 3.05) is 10.6 Å². The molecule has 0 saturated carbocycles. The summed E-state index contributed by atoms with van der Waals surface area (Å²) in [4.78, 5) is 25.6. The number of carbonyl (C=O) groups excluding carboxylic acids is 1. The standard InChI is InChI=1S/C20H16BrN5OS/c1-11-8-12(2)23-19(22-11)26-20-25-17(10-28-20)18(27)24-14-6-7-15-13(9-14)4-3-5-16(15)21/h3-10H,1-2H3,(H,24,27)(H,22,23,25,26). The number of nitrogens with one attached hydrogen (secondary N) is 2. The van der Waals surface area contributed by atoms with Crippen LogP contribution in [0.4, 0.5) is 16.8 Å². The fourth-order valence-electron chi connectivity index (χ4n) is 2.83. The third-order valence-corrected chi connectivity index (χ3v) is 5.47. The van der Waals surface area contributed by atoms with Gasteiger partial charge in [0.15, 0.2) is 5.13 Å². The maximum Gasteiger partial charge on any atom is 0.275 e. The summed E-state index contributed by atoms with van der Waals surface area (Å²) in [5.74, 6) is 0.207. The van der Waals surface area contributed by atoms with Gasteiger partial charge in [0.2, 0.25) is 5.95 Å². The van der Waals surface area contributed by atoms with Gasteiger partial charge in [0, 0.05) is 26.9 Å². The van der Waals surface area contributed by atoms with Crippen molar-refractivity contribution in [3.8, 4) is 0 Å². The molecule has 0 aliphatic heterocycles. The van der Waals surface area contributed by atoms with Gasteiger partial charge >= 0.3 is 0 Å². The number of nitrogens with zero attached hydrogens (tertiary/aromatic N) is 3. The fourth-order valence-corrected chi connectivity index (χ4v) is 4.03. The summed E-state index contributed by atoms with van der Waals surface area (Å²) in [7, 11) is 0. The molecule has 2 N–H and O–H groups in total. The quantitative estimate of drug-likeness (QED) is 0.428. The molecule has 0 bridgehead atoms. The van der Waals surface area contributed by atoms with Crippen LogP contribution in [0.25, 0.3) is 10.8 Å². The zero-order valence-electron chi connectivity index (χ0n) is 15.2. The third-order valence-electron chi connectivity index (χ3n) is 4.02. The smallest absolute Gasteiger partial charge is 0.275 e. The number of carbonyl (C=O) groups is 1. The number of halogens is 1. The van der Waals surface area contributed by atoms with E-state index in [1.165, 1.54) is 11.3 Å². The third kappa shape index (κ3) is 4.02. The number of fused-ring (bicyclic) bond motifs is 1. The Kier molecular flexibility index (Phi) is 5.06. The van der Waals surface area contributed by atoms with E-state index in [0.29, 0.717) is 16.8 Å². The normalized spacial score (nSPS) is 10.8. The molecule has 0 saturated heterocycles. The van der Waals surface area contributed by atoms with Crippen molar-refractivity contribution in [3.63, 3.8) is 0 Å². The first kappa shape index (κ1) is 18.5. The van der Waals surface area contributed by atoms with E-state index in [1.807, 2.05) is 56.3 Å². The highest BCUT2D eigenvalue weighted by molar-refractivity contribution is 9.10. The Morgan fingerprint density at radius 2 is 1.82 bits per heavy atom. The summed E-state index contributed by atoms with van der Waals surface area (Å²) in [5, 5.41) is 10.4. The van der Waals surface area contributed by atoms with Crippen LogP contribution in [0.1, 0.15) is 21.9 Å².